The van der Waals surface area contributed by atoms with Crippen LogP contribution < -0.4 is 10.6 Å². The lowest BCUT2D eigenvalue weighted by Gasteiger charge is -2.33. The molecule has 0 spiro atoms. The van der Waals surface area contributed by atoms with Crippen LogP contribution in [0.1, 0.15) is 30.1 Å². The van der Waals surface area contributed by atoms with Crippen LogP contribution in [0.4, 0.5) is 0 Å². The van der Waals surface area contributed by atoms with Gasteiger partial charge in [-0.1, -0.05) is 6.07 Å². The molecular formula is C19H26N6O2. The van der Waals surface area contributed by atoms with Crippen LogP contribution in [0, 0.1) is 6.92 Å². The fourth-order valence-corrected chi connectivity index (χ4v) is 3.65. The van der Waals surface area contributed by atoms with E-state index in [0.717, 1.165) is 31.6 Å². The molecule has 3 aliphatic heterocycles. The molecule has 1 aromatic heterocycles. The van der Waals surface area contributed by atoms with Gasteiger partial charge in [-0.3, -0.25) is 20.1 Å². The third kappa shape index (κ3) is 4.17. The number of hydrogen-bond acceptors (Lipinski definition) is 6. The number of piperidine rings is 1. The van der Waals surface area contributed by atoms with E-state index in [1.807, 2.05) is 25.1 Å². The van der Waals surface area contributed by atoms with Crippen molar-refractivity contribution in [3.05, 3.63) is 29.6 Å². The van der Waals surface area contributed by atoms with Gasteiger partial charge in [-0.2, -0.15) is 4.99 Å². The summed E-state index contributed by atoms with van der Waals surface area (Å²) in [6.07, 6.45) is 2.09. The predicted molar refractivity (Wildman–Crippen MR) is 103 cm³/mol. The lowest BCUT2D eigenvalue weighted by atomic mass is 9.99. The number of nitrogens with one attached hydrogen (secondary N) is 2. The van der Waals surface area contributed by atoms with E-state index in [-0.39, 0.29) is 11.9 Å². The van der Waals surface area contributed by atoms with Crippen LogP contribution in [-0.2, 0) is 9.53 Å². The molecule has 0 radical (unpaired) electrons. The SMILES string of the molecule is Cc1cccc(C2C(=O)NC(N3CCOCC3)=NC2=N[C@@H]2CCCNC2)n1. The van der Waals surface area contributed by atoms with Crippen molar-refractivity contribution in [1.29, 1.82) is 0 Å². The molecule has 27 heavy (non-hydrogen) atoms. The maximum absolute atomic E-state index is 13.0. The molecule has 0 aromatic carbocycles. The molecule has 2 saturated heterocycles. The number of ether oxygens (including phenoxy) is 1. The maximum Gasteiger partial charge on any atom is 0.243 e. The van der Waals surface area contributed by atoms with E-state index in [9.17, 15) is 4.79 Å². The third-order valence-corrected chi connectivity index (χ3v) is 5.08. The molecule has 1 aromatic rings. The third-order valence-electron chi connectivity index (χ3n) is 5.08. The summed E-state index contributed by atoms with van der Waals surface area (Å²) >= 11 is 0. The summed E-state index contributed by atoms with van der Waals surface area (Å²) in [7, 11) is 0. The molecule has 8 nitrogen and oxygen atoms in total. The van der Waals surface area contributed by atoms with Crippen LogP contribution in [0.3, 0.4) is 0 Å². The molecule has 1 amide bonds. The van der Waals surface area contributed by atoms with Crippen molar-refractivity contribution in [2.45, 2.75) is 31.7 Å². The number of aryl methyl sites for hydroxylation is 1. The van der Waals surface area contributed by atoms with Crippen molar-refractivity contribution in [1.82, 2.24) is 20.5 Å². The zero-order valence-electron chi connectivity index (χ0n) is 15.6. The average Bonchev–Trinajstić information content (AvgIpc) is 2.69. The number of morpholine rings is 1. The second kappa shape index (κ2) is 8.14. The van der Waals surface area contributed by atoms with E-state index in [1.54, 1.807) is 0 Å². The van der Waals surface area contributed by atoms with Gasteiger partial charge in [0, 0.05) is 25.3 Å². The van der Waals surface area contributed by atoms with Crippen molar-refractivity contribution in [2.75, 3.05) is 39.4 Å². The first-order valence-electron chi connectivity index (χ1n) is 9.65. The molecule has 3 aliphatic rings. The Morgan fingerprint density at radius 1 is 1.30 bits per heavy atom. The second-order valence-electron chi connectivity index (χ2n) is 7.15. The van der Waals surface area contributed by atoms with Gasteiger partial charge in [-0.15, -0.1) is 0 Å². The number of carbonyl (C=O) groups is 1. The van der Waals surface area contributed by atoms with Crippen molar-refractivity contribution in [2.24, 2.45) is 9.98 Å². The zero-order valence-corrected chi connectivity index (χ0v) is 15.6. The maximum atomic E-state index is 13.0. The van der Waals surface area contributed by atoms with Gasteiger partial charge in [-0.25, -0.2) is 0 Å². The van der Waals surface area contributed by atoms with Gasteiger partial charge in [0.2, 0.25) is 11.9 Å². The van der Waals surface area contributed by atoms with Crippen LogP contribution in [0.15, 0.2) is 28.2 Å². The monoisotopic (exact) mass is 370 g/mol. The Morgan fingerprint density at radius 3 is 2.89 bits per heavy atom. The van der Waals surface area contributed by atoms with Crippen molar-refractivity contribution in [3.63, 3.8) is 0 Å². The summed E-state index contributed by atoms with van der Waals surface area (Å²) < 4.78 is 5.41. The molecule has 8 heteroatoms. The van der Waals surface area contributed by atoms with Crippen LogP contribution in [-0.4, -0.2) is 73.0 Å². The molecule has 0 aliphatic carbocycles. The number of hydrogen-bond donors (Lipinski definition) is 2. The molecule has 0 saturated carbocycles. The summed E-state index contributed by atoms with van der Waals surface area (Å²) in [5, 5.41) is 6.34. The fourth-order valence-electron chi connectivity index (χ4n) is 3.65. The Bertz CT molecular complexity index is 750. The minimum atomic E-state index is -0.573. The predicted octanol–water partition coefficient (Wildman–Crippen LogP) is 0.442. The van der Waals surface area contributed by atoms with Gasteiger partial charge in [0.25, 0.3) is 0 Å². The van der Waals surface area contributed by atoms with Crippen molar-refractivity contribution >= 4 is 17.7 Å². The molecule has 144 valence electrons. The number of aliphatic imine (C=N–C) groups is 2. The molecular weight excluding hydrogens is 344 g/mol. The second-order valence-corrected chi connectivity index (χ2v) is 7.15. The normalized spacial score (nSPS) is 28.0. The van der Waals surface area contributed by atoms with E-state index in [1.165, 1.54) is 0 Å². The number of nitrogens with zero attached hydrogens (tertiary/aromatic N) is 4. The quantitative estimate of drug-likeness (QED) is 0.788. The number of rotatable bonds is 2. The van der Waals surface area contributed by atoms with E-state index < -0.39 is 5.92 Å². The highest BCUT2D eigenvalue weighted by atomic mass is 16.5. The minimum Gasteiger partial charge on any atom is -0.378 e. The lowest BCUT2D eigenvalue weighted by Crippen LogP contribution is -2.54. The smallest absolute Gasteiger partial charge is 0.243 e. The summed E-state index contributed by atoms with van der Waals surface area (Å²) in [5.74, 6) is 0.450. The Morgan fingerprint density at radius 2 is 2.15 bits per heavy atom. The van der Waals surface area contributed by atoms with Gasteiger partial charge in [0.1, 0.15) is 11.8 Å². The Balaban J connectivity index is 1.69. The summed E-state index contributed by atoms with van der Waals surface area (Å²) in [5.41, 5.74) is 1.57. The van der Waals surface area contributed by atoms with E-state index in [0.29, 0.717) is 43.8 Å². The van der Waals surface area contributed by atoms with Gasteiger partial charge in [0.05, 0.1) is 24.9 Å². The first kappa shape index (κ1) is 18.1. The number of guanidine groups is 1. The molecule has 1 unspecified atom stereocenters. The average molecular weight is 370 g/mol. The Kier molecular flexibility index (Phi) is 5.45. The largest absolute Gasteiger partial charge is 0.378 e. The summed E-state index contributed by atoms with van der Waals surface area (Å²) in [6, 6.07) is 5.86. The van der Waals surface area contributed by atoms with E-state index in [2.05, 4.69) is 20.5 Å². The van der Waals surface area contributed by atoms with E-state index >= 15 is 0 Å². The number of amidine groups is 1. The minimum absolute atomic E-state index is 0.118. The molecule has 2 atom stereocenters. The van der Waals surface area contributed by atoms with Gasteiger partial charge >= 0.3 is 0 Å². The van der Waals surface area contributed by atoms with Gasteiger partial charge < -0.3 is 15.0 Å². The van der Waals surface area contributed by atoms with Crippen molar-refractivity contribution < 1.29 is 9.53 Å². The van der Waals surface area contributed by atoms with Gasteiger partial charge in [0.15, 0.2) is 0 Å². The van der Waals surface area contributed by atoms with Crippen LogP contribution >= 0.6 is 0 Å². The number of carbonyl (C=O) groups excluding carboxylic acids is 1. The van der Waals surface area contributed by atoms with Crippen LogP contribution in [0.5, 0.6) is 0 Å². The highest BCUT2D eigenvalue weighted by Crippen LogP contribution is 2.22. The Labute approximate surface area is 159 Å². The fraction of sp³-hybridized carbons (Fsp3) is 0.579. The molecule has 4 heterocycles. The first-order valence-corrected chi connectivity index (χ1v) is 9.65. The van der Waals surface area contributed by atoms with E-state index in [4.69, 9.17) is 14.7 Å². The molecule has 2 fully saturated rings. The summed E-state index contributed by atoms with van der Waals surface area (Å²) in [4.78, 5) is 29.3. The van der Waals surface area contributed by atoms with Crippen LogP contribution in [0.2, 0.25) is 0 Å². The summed E-state index contributed by atoms with van der Waals surface area (Å²) in [6.45, 7) is 6.46. The molecule has 4 rings (SSSR count). The number of amides is 1. The lowest BCUT2D eigenvalue weighted by molar-refractivity contribution is -0.120. The molecule has 2 N–H and O–H groups in total. The highest BCUT2D eigenvalue weighted by molar-refractivity contribution is 6.20. The molecule has 0 bridgehead atoms. The zero-order chi connectivity index (χ0) is 18.6. The number of aromatic nitrogens is 1. The van der Waals surface area contributed by atoms with Crippen molar-refractivity contribution in [3.8, 4) is 0 Å². The first-order chi connectivity index (χ1) is 13.2. The van der Waals surface area contributed by atoms with Crippen LogP contribution in [0.25, 0.3) is 0 Å². The standard InChI is InChI=1S/C19H26N6O2/c1-13-4-2-6-15(21-13)16-17(22-14-5-3-7-20-12-14)23-19(24-18(16)26)25-8-10-27-11-9-25/h2,4,6,14,16,20H,3,5,7-12H2,1H3,(H,22,23,24,26)/t14-,16?/m1/s1. The topological polar surface area (TPSA) is 91.2 Å². The Hall–Kier alpha value is -2.32. The highest BCUT2D eigenvalue weighted by Gasteiger charge is 2.35. The number of pyridine rings is 1. The van der Waals surface area contributed by atoms with Gasteiger partial charge in [-0.05, 0) is 38.4 Å².